The fourth-order valence-electron chi connectivity index (χ4n) is 1.69. The minimum atomic E-state index is -0.491. The van der Waals surface area contributed by atoms with E-state index in [1.54, 1.807) is 13.0 Å². The molecule has 0 saturated carbocycles. The molecule has 0 spiro atoms. The number of hydrogen-bond donors (Lipinski definition) is 1. The van der Waals surface area contributed by atoms with Crippen LogP contribution in [0.15, 0.2) is 34.9 Å². The fraction of sp³-hybridized carbons (Fsp3) is 0.200. The minimum absolute atomic E-state index is 0.246. The van der Waals surface area contributed by atoms with Crippen molar-refractivity contribution in [2.45, 2.75) is 13.8 Å². The van der Waals surface area contributed by atoms with Crippen molar-refractivity contribution in [3.05, 3.63) is 46.1 Å². The molecule has 5 nitrogen and oxygen atoms in total. The maximum absolute atomic E-state index is 11.8. The average molecular weight is 351 g/mol. The van der Waals surface area contributed by atoms with Crippen molar-refractivity contribution in [3.63, 3.8) is 0 Å². The number of nitrogens with zero attached hydrogens (tertiary/aromatic N) is 1. The summed E-state index contributed by atoms with van der Waals surface area (Å²) in [6.45, 7) is 3.97. The van der Waals surface area contributed by atoms with Gasteiger partial charge in [0, 0.05) is 10.5 Å². The first-order chi connectivity index (χ1) is 10.0. The first kappa shape index (κ1) is 15.3. The van der Waals surface area contributed by atoms with Crippen LogP contribution >= 0.6 is 15.9 Å². The van der Waals surface area contributed by atoms with Crippen LogP contribution in [-0.2, 0) is 4.74 Å². The summed E-state index contributed by atoms with van der Waals surface area (Å²) >= 11 is 3.42. The van der Waals surface area contributed by atoms with Gasteiger partial charge in [0.05, 0.1) is 24.1 Å². The molecule has 0 aliphatic rings. The Bertz CT molecular complexity index is 674. The van der Waals surface area contributed by atoms with Gasteiger partial charge in [0.1, 0.15) is 5.75 Å². The van der Waals surface area contributed by atoms with Crippen LogP contribution in [0.2, 0.25) is 0 Å². The Morgan fingerprint density at radius 3 is 2.81 bits per heavy atom. The highest BCUT2D eigenvalue weighted by molar-refractivity contribution is 9.10. The quantitative estimate of drug-likeness (QED) is 0.850. The average Bonchev–Trinajstić information content (AvgIpc) is 2.45. The summed E-state index contributed by atoms with van der Waals surface area (Å²) in [4.78, 5) is 15.8. The van der Waals surface area contributed by atoms with Crippen molar-refractivity contribution >= 4 is 27.6 Å². The minimum Gasteiger partial charge on any atom is -0.462 e. The molecule has 2 rings (SSSR count). The number of esters is 1. The van der Waals surface area contributed by atoms with E-state index in [2.05, 4.69) is 20.9 Å². The molecule has 1 aromatic heterocycles. The Kier molecular flexibility index (Phi) is 4.80. The van der Waals surface area contributed by atoms with Gasteiger partial charge in [0.2, 0.25) is 5.88 Å². The molecule has 0 bridgehead atoms. The van der Waals surface area contributed by atoms with Gasteiger partial charge >= 0.3 is 5.97 Å². The zero-order chi connectivity index (χ0) is 15.4. The number of carbonyl (C=O) groups excluding carboxylic acids is 1. The molecular weight excluding hydrogens is 336 g/mol. The van der Waals surface area contributed by atoms with E-state index in [9.17, 15) is 4.79 Å². The Morgan fingerprint density at radius 1 is 1.38 bits per heavy atom. The number of nitrogen functional groups attached to an aromatic ring is 1. The van der Waals surface area contributed by atoms with Crippen molar-refractivity contribution in [3.8, 4) is 11.6 Å². The standard InChI is InChI=1S/C15H15BrN2O3/c1-3-20-15(19)11-7-14(18-8-13(11)17)21-10-4-5-12(16)9(2)6-10/h4-8H,3,17H2,1-2H3. The zero-order valence-corrected chi connectivity index (χ0v) is 13.3. The molecule has 1 aromatic carbocycles. The Morgan fingerprint density at radius 2 is 2.14 bits per heavy atom. The highest BCUT2D eigenvalue weighted by Crippen LogP contribution is 2.26. The van der Waals surface area contributed by atoms with Gasteiger partial charge in [-0.05, 0) is 37.6 Å². The first-order valence-electron chi connectivity index (χ1n) is 6.38. The van der Waals surface area contributed by atoms with Gasteiger partial charge in [-0.15, -0.1) is 0 Å². The number of rotatable bonds is 4. The number of benzene rings is 1. The predicted molar refractivity (Wildman–Crippen MR) is 83.6 cm³/mol. The number of carbonyl (C=O) groups is 1. The van der Waals surface area contributed by atoms with Crippen LogP contribution in [0, 0.1) is 6.92 Å². The second-order valence-corrected chi connectivity index (χ2v) is 5.20. The molecule has 2 aromatic rings. The van der Waals surface area contributed by atoms with Crippen LogP contribution in [0.5, 0.6) is 11.6 Å². The SMILES string of the molecule is CCOC(=O)c1cc(Oc2ccc(Br)c(C)c2)ncc1N. The molecule has 21 heavy (non-hydrogen) atoms. The lowest BCUT2D eigenvalue weighted by Gasteiger charge is -2.09. The number of hydrogen-bond acceptors (Lipinski definition) is 5. The van der Waals surface area contributed by atoms with E-state index in [-0.39, 0.29) is 23.7 Å². The number of halogens is 1. The van der Waals surface area contributed by atoms with Gasteiger partial charge in [0.25, 0.3) is 0 Å². The number of nitrogens with two attached hydrogens (primary N) is 1. The van der Waals surface area contributed by atoms with E-state index in [1.807, 2.05) is 19.1 Å². The molecule has 0 saturated heterocycles. The number of pyridine rings is 1. The number of ether oxygens (including phenoxy) is 2. The van der Waals surface area contributed by atoms with Crippen molar-refractivity contribution in [2.24, 2.45) is 0 Å². The van der Waals surface area contributed by atoms with Crippen LogP contribution in [0.1, 0.15) is 22.8 Å². The summed E-state index contributed by atoms with van der Waals surface area (Å²) in [6.07, 6.45) is 1.38. The predicted octanol–water partition coefficient (Wildman–Crippen LogP) is 3.70. The van der Waals surface area contributed by atoms with Crippen LogP contribution in [0.3, 0.4) is 0 Å². The smallest absolute Gasteiger partial charge is 0.340 e. The van der Waals surface area contributed by atoms with Crippen molar-refractivity contribution in [1.82, 2.24) is 4.98 Å². The molecule has 110 valence electrons. The summed E-state index contributed by atoms with van der Waals surface area (Å²) < 4.78 is 11.6. The van der Waals surface area contributed by atoms with E-state index < -0.39 is 5.97 Å². The first-order valence-corrected chi connectivity index (χ1v) is 7.17. The molecule has 0 radical (unpaired) electrons. The molecule has 0 unspecified atom stereocenters. The van der Waals surface area contributed by atoms with Crippen LogP contribution in [0.25, 0.3) is 0 Å². The van der Waals surface area contributed by atoms with Crippen LogP contribution < -0.4 is 10.5 Å². The summed E-state index contributed by atoms with van der Waals surface area (Å²) in [5.41, 5.74) is 7.27. The van der Waals surface area contributed by atoms with Gasteiger partial charge in [0.15, 0.2) is 0 Å². The van der Waals surface area contributed by atoms with E-state index in [0.717, 1.165) is 10.0 Å². The van der Waals surface area contributed by atoms with Crippen LogP contribution in [-0.4, -0.2) is 17.6 Å². The normalized spacial score (nSPS) is 10.2. The lowest BCUT2D eigenvalue weighted by atomic mass is 10.2. The molecule has 0 aliphatic carbocycles. The van der Waals surface area contributed by atoms with Gasteiger partial charge in [-0.25, -0.2) is 9.78 Å². The third kappa shape index (κ3) is 3.72. The zero-order valence-electron chi connectivity index (χ0n) is 11.7. The molecule has 6 heteroatoms. The summed E-state index contributed by atoms with van der Waals surface area (Å²) in [7, 11) is 0. The lowest BCUT2D eigenvalue weighted by Crippen LogP contribution is -2.08. The summed E-state index contributed by atoms with van der Waals surface area (Å²) in [6, 6.07) is 7.03. The molecular formula is C15H15BrN2O3. The van der Waals surface area contributed by atoms with E-state index >= 15 is 0 Å². The molecule has 2 N–H and O–H groups in total. The van der Waals surface area contributed by atoms with E-state index in [4.69, 9.17) is 15.2 Å². The number of aryl methyl sites for hydroxylation is 1. The lowest BCUT2D eigenvalue weighted by molar-refractivity contribution is 0.0527. The summed E-state index contributed by atoms with van der Waals surface area (Å²) in [5, 5.41) is 0. The third-order valence-corrected chi connectivity index (χ3v) is 3.65. The largest absolute Gasteiger partial charge is 0.462 e. The Balaban J connectivity index is 2.26. The molecule has 0 aliphatic heterocycles. The van der Waals surface area contributed by atoms with Gasteiger partial charge < -0.3 is 15.2 Å². The molecule has 1 heterocycles. The number of aromatic nitrogens is 1. The molecule has 0 fully saturated rings. The highest BCUT2D eigenvalue weighted by Gasteiger charge is 2.13. The second-order valence-electron chi connectivity index (χ2n) is 4.34. The third-order valence-electron chi connectivity index (χ3n) is 2.76. The second kappa shape index (κ2) is 6.58. The molecule has 0 amide bonds. The van der Waals surface area contributed by atoms with Crippen molar-refractivity contribution in [1.29, 1.82) is 0 Å². The van der Waals surface area contributed by atoms with E-state index in [0.29, 0.717) is 5.75 Å². The molecule has 0 atom stereocenters. The van der Waals surface area contributed by atoms with Gasteiger partial charge in [-0.1, -0.05) is 15.9 Å². The van der Waals surface area contributed by atoms with Gasteiger partial charge in [-0.2, -0.15) is 0 Å². The topological polar surface area (TPSA) is 74.4 Å². The van der Waals surface area contributed by atoms with Crippen molar-refractivity contribution < 1.29 is 14.3 Å². The highest BCUT2D eigenvalue weighted by atomic mass is 79.9. The fourth-order valence-corrected chi connectivity index (χ4v) is 1.94. The Labute approximate surface area is 131 Å². The van der Waals surface area contributed by atoms with Crippen molar-refractivity contribution in [2.75, 3.05) is 12.3 Å². The monoisotopic (exact) mass is 350 g/mol. The van der Waals surface area contributed by atoms with Crippen LogP contribution in [0.4, 0.5) is 5.69 Å². The maximum atomic E-state index is 11.8. The van der Waals surface area contributed by atoms with Gasteiger partial charge in [-0.3, -0.25) is 0 Å². The van der Waals surface area contributed by atoms with E-state index in [1.165, 1.54) is 12.3 Å². The Hall–Kier alpha value is -2.08. The summed E-state index contributed by atoms with van der Waals surface area (Å²) in [5.74, 6) is 0.422. The maximum Gasteiger partial charge on any atom is 0.340 e. The number of anilines is 1.